The Kier molecular flexibility index (Phi) is 2.30. The van der Waals surface area contributed by atoms with Crippen LogP contribution in [0.3, 0.4) is 0 Å². The number of carbonyl (C=O) groups is 1. The van der Waals surface area contributed by atoms with Crippen LogP contribution >= 0.6 is 0 Å². The zero-order valence-electron chi connectivity index (χ0n) is 8.57. The molecule has 0 aromatic heterocycles. The summed E-state index contributed by atoms with van der Waals surface area (Å²) in [5.74, 6) is 0.338. The Morgan fingerprint density at radius 2 is 2.07 bits per heavy atom. The molecule has 0 heterocycles. The molecule has 0 saturated heterocycles. The maximum Gasteiger partial charge on any atom is 0.333 e. The van der Waals surface area contributed by atoms with Crippen LogP contribution in [0.15, 0.2) is 0 Å². The second-order valence-electron chi connectivity index (χ2n) is 5.12. The molecule has 3 heteroatoms. The van der Waals surface area contributed by atoms with Gasteiger partial charge in [-0.2, -0.15) is 0 Å². The van der Waals surface area contributed by atoms with Gasteiger partial charge in [0.25, 0.3) is 0 Å². The molecule has 3 nitrogen and oxygen atoms in total. The Bertz CT molecular complexity index is 241. The van der Waals surface area contributed by atoms with E-state index in [1.807, 2.05) is 0 Å². The number of aliphatic carboxylic acids is 1. The molecule has 2 aliphatic rings. The minimum atomic E-state index is -1.14. The molecule has 0 aliphatic heterocycles. The highest BCUT2D eigenvalue weighted by Gasteiger charge is 2.53. The van der Waals surface area contributed by atoms with Gasteiger partial charge in [0, 0.05) is 5.41 Å². The average Bonchev–Trinajstić information content (AvgIpc) is 2.98. The van der Waals surface area contributed by atoms with Crippen LogP contribution in [0.2, 0.25) is 0 Å². The SMILES string of the molecule is CC(CC1(C(O)C(=O)O)CC1)C1CC1. The van der Waals surface area contributed by atoms with E-state index in [1.165, 1.54) is 12.8 Å². The van der Waals surface area contributed by atoms with Crippen molar-refractivity contribution in [3.8, 4) is 0 Å². The van der Waals surface area contributed by atoms with E-state index in [-0.39, 0.29) is 5.41 Å². The van der Waals surface area contributed by atoms with Gasteiger partial charge in [0.15, 0.2) is 6.10 Å². The van der Waals surface area contributed by atoms with Crippen molar-refractivity contribution in [1.82, 2.24) is 0 Å². The molecule has 2 atom stereocenters. The Morgan fingerprint density at radius 3 is 2.43 bits per heavy atom. The van der Waals surface area contributed by atoms with Crippen LogP contribution in [0.1, 0.15) is 39.0 Å². The van der Waals surface area contributed by atoms with Crippen molar-refractivity contribution in [1.29, 1.82) is 0 Å². The molecule has 2 rings (SSSR count). The van der Waals surface area contributed by atoms with Gasteiger partial charge in [-0.15, -0.1) is 0 Å². The molecule has 80 valence electrons. The summed E-state index contributed by atoms with van der Waals surface area (Å²) >= 11 is 0. The Morgan fingerprint density at radius 1 is 1.50 bits per heavy atom. The van der Waals surface area contributed by atoms with E-state index in [9.17, 15) is 9.90 Å². The highest BCUT2D eigenvalue weighted by Crippen LogP contribution is 2.56. The van der Waals surface area contributed by atoms with E-state index in [1.54, 1.807) is 0 Å². The zero-order valence-corrected chi connectivity index (χ0v) is 8.57. The second kappa shape index (κ2) is 3.23. The van der Waals surface area contributed by atoms with Gasteiger partial charge in [-0.3, -0.25) is 0 Å². The summed E-state index contributed by atoms with van der Waals surface area (Å²) in [6.45, 7) is 2.19. The summed E-state index contributed by atoms with van der Waals surface area (Å²) in [6, 6.07) is 0. The van der Waals surface area contributed by atoms with Crippen molar-refractivity contribution in [2.75, 3.05) is 0 Å². The van der Waals surface area contributed by atoms with Crippen molar-refractivity contribution in [3.05, 3.63) is 0 Å². The smallest absolute Gasteiger partial charge is 0.333 e. The van der Waals surface area contributed by atoms with Crippen molar-refractivity contribution >= 4 is 5.97 Å². The lowest BCUT2D eigenvalue weighted by Crippen LogP contribution is -2.32. The molecular weight excluding hydrogens is 180 g/mol. The van der Waals surface area contributed by atoms with Crippen LogP contribution in [0, 0.1) is 17.3 Å². The maximum atomic E-state index is 10.7. The van der Waals surface area contributed by atoms with Gasteiger partial charge in [-0.25, -0.2) is 4.79 Å². The lowest BCUT2D eigenvalue weighted by atomic mass is 9.86. The summed E-state index contributed by atoms with van der Waals surface area (Å²) in [5, 5.41) is 18.3. The zero-order chi connectivity index (χ0) is 10.3. The number of rotatable bonds is 5. The van der Waals surface area contributed by atoms with Crippen molar-refractivity contribution in [2.24, 2.45) is 17.3 Å². The third-order valence-corrected chi connectivity index (χ3v) is 3.86. The highest BCUT2D eigenvalue weighted by atomic mass is 16.4. The Balaban J connectivity index is 1.91. The molecule has 0 spiro atoms. The fourth-order valence-corrected chi connectivity index (χ4v) is 2.48. The number of hydrogen-bond acceptors (Lipinski definition) is 2. The molecule has 2 N–H and O–H groups in total. The Labute approximate surface area is 84.1 Å². The van der Waals surface area contributed by atoms with Crippen LogP contribution in [-0.2, 0) is 4.79 Å². The highest BCUT2D eigenvalue weighted by molar-refractivity contribution is 5.73. The average molecular weight is 198 g/mol. The first-order chi connectivity index (χ1) is 6.55. The van der Waals surface area contributed by atoms with E-state index >= 15 is 0 Å². The summed E-state index contributed by atoms with van der Waals surface area (Å²) in [6.07, 6.45) is 4.12. The molecule has 14 heavy (non-hydrogen) atoms. The third-order valence-electron chi connectivity index (χ3n) is 3.86. The quantitative estimate of drug-likeness (QED) is 0.706. The molecule has 2 saturated carbocycles. The largest absolute Gasteiger partial charge is 0.479 e. The fraction of sp³-hybridized carbons (Fsp3) is 0.909. The lowest BCUT2D eigenvalue weighted by Gasteiger charge is -2.22. The monoisotopic (exact) mass is 198 g/mol. The molecule has 0 bridgehead atoms. The van der Waals surface area contributed by atoms with Crippen LogP contribution in [0.25, 0.3) is 0 Å². The lowest BCUT2D eigenvalue weighted by molar-refractivity contribution is -0.151. The fourth-order valence-electron chi connectivity index (χ4n) is 2.48. The summed E-state index contributed by atoms with van der Waals surface area (Å²) in [7, 11) is 0. The van der Waals surface area contributed by atoms with Crippen molar-refractivity contribution in [2.45, 2.75) is 45.1 Å². The first kappa shape index (κ1) is 9.97. The Hall–Kier alpha value is -0.570. The first-order valence-electron chi connectivity index (χ1n) is 5.46. The molecule has 0 radical (unpaired) electrons. The standard InChI is InChI=1S/C11H18O3/c1-7(8-2-3-8)6-11(4-5-11)9(12)10(13)14/h7-9,12H,2-6H2,1H3,(H,13,14). The van der Waals surface area contributed by atoms with Gasteiger partial charge < -0.3 is 10.2 Å². The van der Waals surface area contributed by atoms with Gasteiger partial charge >= 0.3 is 5.97 Å². The molecule has 2 fully saturated rings. The number of aliphatic hydroxyl groups is 1. The predicted molar refractivity (Wildman–Crippen MR) is 51.8 cm³/mol. The van der Waals surface area contributed by atoms with E-state index < -0.39 is 12.1 Å². The van der Waals surface area contributed by atoms with Crippen molar-refractivity contribution in [3.63, 3.8) is 0 Å². The van der Waals surface area contributed by atoms with Gasteiger partial charge in [0.1, 0.15) is 0 Å². The molecule has 0 amide bonds. The first-order valence-corrected chi connectivity index (χ1v) is 5.46. The van der Waals surface area contributed by atoms with Gasteiger partial charge in [0.2, 0.25) is 0 Å². The van der Waals surface area contributed by atoms with Gasteiger partial charge in [-0.05, 0) is 43.9 Å². The molecule has 0 aromatic carbocycles. The van der Waals surface area contributed by atoms with Crippen LogP contribution in [0.4, 0.5) is 0 Å². The second-order valence-corrected chi connectivity index (χ2v) is 5.12. The van der Waals surface area contributed by atoms with Crippen LogP contribution in [0.5, 0.6) is 0 Å². The van der Waals surface area contributed by atoms with Crippen molar-refractivity contribution < 1.29 is 15.0 Å². The van der Waals surface area contributed by atoms with Crippen LogP contribution in [-0.4, -0.2) is 22.3 Å². The predicted octanol–water partition coefficient (Wildman–Crippen LogP) is 1.65. The van der Waals surface area contributed by atoms with Gasteiger partial charge in [0.05, 0.1) is 0 Å². The molecular formula is C11H18O3. The minimum Gasteiger partial charge on any atom is -0.479 e. The maximum absolute atomic E-state index is 10.7. The number of carboxylic acid groups (broad SMARTS) is 1. The number of hydrogen-bond donors (Lipinski definition) is 2. The van der Waals surface area contributed by atoms with E-state index in [2.05, 4.69) is 6.92 Å². The third kappa shape index (κ3) is 1.78. The summed E-state index contributed by atoms with van der Waals surface area (Å²) in [5.41, 5.74) is -0.270. The topological polar surface area (TPSA) is 57.5 Å². The van der Waals surface area contributed by atoms with Gasteiger partial charge in [-0.1, -0.05) is 6.92 Å². The molecule has 2 aliphatic carbocycles. The summed E-state index contributed by atoms with van der Waals surface area (Å²) in [4.78, 5) is 10.7. The van der Waals surface area contributed by atoms with E-state index in [4.69, 9.17) is 5.11 Å². The van der Waals surface area contributed by atoms with E-state index in [0.717, 1.165) is 25.2 Å². The minimum absolute atomic E-state index is 0.270. The molecule has 2 unspecified atom stereocenters. The number of carboxylic acids is 1. The molecule has 0 aromatic rings. The van der Waals surface area contributed by atoms with Crippen LogP contribution < -0.4 is 0 Å². The summed E-state index contributed by atoms with van der Waals surface area (Å²) < 4.78 is 0. The van der Waals surface area contributed by atoms with E-state index in [0.29, 0.717) is 5.92 Å². The normalized spacial score (nSPS) is 28.1. The number of aliphatic hydroxyl groups excluding tert-OH is 1.